The minimum atomic E-state index is -3.37. The van der Waals surface area contributed by atoms with E-state index in [2.05, 4.69) is 0 Å². The summed E-state index contributed by atoms with van der Waals surface area (Å²) in [6, 6.07) is 9.95. The zero-order valence-corrected chi connectivity index (χ0v) is 18.2. The standard InChI is InChI=1S/C22H17N3O7S/c1-13-18(10-17-5-6-20(32-17)14-3-2-4-15(9-14)25(28)29)21(26)24(22(27)19(13)11-23)16-7-8-33(30,31)12-16/h2-6,9-10,16H,7-8,12H2,1H3/b18-10+. The van der Waals surface area contributed by atoms with E-state index in [4.69, 9.17) is 4.42 Å². The summed E-state index contributed by atoms with van der Waals surface area (Å²) in [5, 5.41) is 20.5. The summed E-state index contributed by atoms with van der Waals surface area (Å²) >= 11 is 0. The molecular formula is C22H17N3O7S. The highest BCUT2D eigenvalue weighted by Gasteiger charge is 2.43. The number of rotatable bonds is 4. The van der Waals surface area contributed by atoms with Gasteiger partial charge in [-0.25, -0.2) is 8.42 Å². The van der Waals surface area contributed by atoms with Gasteiger partial charge in [-0.3, -0.25) is 24.6 Å². The molecule has 33 heavy (non-hydrogen) atoms. The summed E-state index contributed by atoms with van der Waals surface area (Å²) in [6.07, 6.45) is 1.49. The Hall–Kier alpha value is -4.04. The first-order chi connectivity index (χ1) is 15.6. The molecule has 1 unspecified atom stereocenters. The average Bonchev–Trinajstić information content (AvgIpc) is 3.38. The molecule has 0 spiro atoms. The second-order valence-electron chi connectivity index (χ2n) is 7.72. The summed E-state index contributed by atoms with van der Waals surface area (Å²) in [7, 11) is -3.37. The number of non-ortho nitro benzene ring substituents is 1. The molecule has 1 fully saturated rings. The predicted molar refractivity (Wildman–Crippen MR) is 116 cm³/mol. The fourth-order valence-corrected chi connectivity index (χ4v) is 5.61. The van der Waals surface area contributed by atoms with Crippen molar-refractivity contribution in [1.82, 2.24) is 4.90 Å². The number of amides is 2. The Balaban J connectivity index is 1.73. The molecule has 0 N–H and O–H groups in total. The third kappa shape index (κ3) is 4.08. The molecule has 11 heteroatoms. The van der Waals surface area contributed by atoms with Crippen molar-refractivity contribution in [3.05, 3.63) is 69.0 Å². The van der Waals surface area contributed by atoms with Gasteiger partial charge in [-0.2, -0.15) is 5.26 Å². The van der Waals surface area contributed by atoms with Crippen LogP contribution in [0.3, 0.4) is 0 Å². The molecule has 10 nitrogen and oxygen atoms in total. The lowest BCUT2D eigenvalue weighted by molar-refractivity contribution is -0.384. The van der Waals surface area contributed by atoms with Crippen molar-refractivity contribution in [2.45, 2.75) is 19.4 Å². The number of imide groups is 1. The number of nitrogens with zero attached hydrogens (tertiary/aromatic N) is 3. The number of carbonyl (C=O) groups is 2. The molecule has 4 rings (SSSR count). The van der Waals surface area contributed by atoms with Crippen LogP contribution in [0.25, 0.3) is 17.4 Å². The van der Waals surface area contributed by atoms with E-state index >= 15 is 0 Å². The molecule has 3 heterocycles. The zero-order valence-electron chi connectivity index (χ0n) is 17.3. The minimum absolute atomic E-state index is 0.0374. The van der Waals surface area contributed by atoms with Crippen molar-refractivity contribution in [3.8, 4) is 17.4 Å². The van der Waals surface area contributed by atoms with E-state index in [0.717, 1.165) is 4.90 Å². The van der Waals surface area contributed by atoms with Crippen LogP contribution >= 0.6 is 0 Å². The quantitative estimate of drug-likeness (QED) is 0.288. The van der Waals surface area contributed by atoms with Gasteiger partial charge in [0.15, 0.2) is 9.84 Å². The summed E-state index contributed by atoms with van der Waals surface area (Å²) in [5.41, 5.74) is 0.315. The third-order valence-corrected chi connectivity index (χ3v) is 7.35. The Morgan fingerprint density at radius 3 is 2.64 bits per heavy atom. The molecule has 1 aromatic carbocycles. The number of hydrogen-bond donors (Lipinski definition) is 0. The molecule has 2 aliphatic rings. The van der Waals surface area contributed by atoms with Crippen molar-refractivity contribution >= 4 is 33.4 Å². The van der Waals surface area contributed by atoms with Gasteiger partial charge >= 0.3 is 0 Å². The summed E-state index contributed by atoms with van der Waals surface area (Å²) in [5.74, 6) is -1.44. The molecule has 168 valence electrons. The predicted octanol–water partition coefficient (Wildman–Crippen LogP) is 2.63. The van der Waals surface area contributed by atoms with Gasteiger partial charge in [-0.1, -0.05) is 12.1 Å². The lowest BCUT2D eigenvalue weighted by atomic mass is 9.93. The third-order valence-electron chi connectivity index (χ3n) is 5.60. The maximum absolute atomic E-state index is 13.2. The first-order valence-electron chi connectivity index (χ1n) is 9.87. The van der Waals surface area contributed by atoms with Gasteiger partial charge in [-0.15, -0.1) is 0 Å². The SMILES string of the molecule is CC1=C(C#N)C(=O)N(C2CCS(=O)(=O)C2)C(=O)/C1=C/c1ccc(-c2cccc([N+](=O)[O-])c2)o1. The van der Waals surface area contributed by atoms with Gasteiger partial charge < -0.3 is 4.42 Å². The molecule has 2 aliphatic heterocycles. The van der Waals surface area contributed by atoms with Gasteiger partial charge in [0.25, 0.3) is 17.5 Å². The Morgan fingerprint density at radius 1 is 1.24 bits per heavy atom. The topological polar surface area (TPSA) is 152 Å². The molecule has 0 aliphatic carbocycles. The van der Waals surface area contributed by atoms with Crippen LogP contribution in [0.2, 0.25) is 0 Å². The second kappa shape index (κ2) is 8.14. The fraction of sp³-hybridized carbons (Fsp3) is 0.227. The van der Waals surface area contributed by atoms with Crippen molar-refractivity contribution in [2.24, 2.45) is 0 Å². The summed E-state index contributed by atoms with van der Waals surface area (Å²) in [4.78, 5) is 37.3. The average molecular weight is 467 g/mol. The van der Waals surface area contributed by atoms with Gasteiger partial charge in [0.2, 0.25) is 0 Å². The number of benzene rings is 1. The number of nitriles is 1. The Morgan fingerprint density at radius 2 is 2.00 bits per heavy atom. The maximum atomic E-state index is 13.2. The molecule has 1 atom stereocenters. The van der Waals surface area contributed by atoms with Crippen LogP contribution in [0.4, 0.5) is 5.69 Å². The van der Waals surface area contributed by atoms with Gasteiger partial charge in [0.1, 0.15) is 23.2 Å². The van der Waals surface area contributed by atoms with Gasteiger partial charge in [-0.05, 0) is 37.1 Å². The Labute approximate surface area is 188 Å². The molecule has 1 saturated heterocycles. The number of sulfone groups is 1. The molecule has 0 bridgehead atoms. The Bertz CT molecular complexity index is 1410. The van der Waals surface area contributed by atoms with Crippen LogP contribution < -0.4 is 0 Å². The van der Waals surface area contributed by atoms with E-state index < -0.39 is 32.6 Å². The van der Waals surface area contributed by atoms with E-state index in [1.54, 1.807) is 18.2 Å². The molecule has 1 aromatic heterocycles. The number of carbonyl (C=O) groups excluding carboxylic acids is 2. The molecule has 2 amide bonds. The summed E-state index contributed by atoms with van der Waals surface area (Å²) in [6.45, 7) is 1.47. The highest BCUT2D eigenvalue weighted by molar-refractivity contribution is 7.91. The zero-order chi connectivity index (χ0) is 23.9. The smallest absolute Gasteiger partial charge is 0.271 e. The van der Waals surface area contributed by atoms with Crippen LogP contribution in [0.1, 0.15) is 19.1 Å². The maximum Gasteiger partial charge on any atom is 0.271 e. The van der Waals surface area contributed by atoms with Crippen LogP contribution in [0, 0.1) is 21.4 Å². The van der Waals surface area contributed by atoms with Crippen LogP contribution in [-0.2, 0) is 19.4 Å². The van der Waals surface area contributed by atoms with Crippen LogP contribution in [0.5, 0.6) is 0 Å². The molecular weight excluding hydrogens is 450 g/mol. The van der Waals surface area contributed by atoms with Crippen LogP contribution in [-0.4, -0.2) is 47.6 Å². The highest BCUT2D eigenvalue weighted by atomic mass is 32.2. The van der Waals surface area contributed by atoms with Gasteiger partial charge in [0, 0.05) is 23.3 Å². The number of furan rings is 1. The van der Waals surface area contributed by atoms with E-state index in [1.165, 1.54) is 31.2 Å². The number of hydrogen-bond acceptors (Lipinski definition) is 8. The lowest BCUT2D eigenvalue weighted by Gasteiger charge is -2.31. The molecule has 2 aromatic rings. The first kappa shape index (κ1) is 22.2. The van der Waals surface area contributed by atoms with Crippen molar-refractivity contribution < 1.29 is 27.3 Å². The van der Waals surface area contributed by atoms with Crippen LogP contribution in [0.15, 0.2) is 57.5 Å². The monoisotopic (exact) mass is 467 g/mol. The van der Waals surface area contributed by atoms with E-state index in [9.17, 15) is 33.4 Å². The first-order valence-corrected chi connectivity index (χ1v) is 11.7. The normalized spacial score (nSPS) is 21.5. The largest absolute Gasteiger partial charge is 0.457 e. The summed E-state index contributed by atoms with van der Waals surface area (Å²) < 4.78 is 29.5. The van der Waals surface area contributed by atoms with Crippen molar-refractivity contribution in [2.75, 3.05) is 11.5 Å². The van der Waals surface area contributed by atoms with Gasteiger partial charge in [0.05, 0.1) is 22.5 Å². The fourth-order valence-electron chi connectivity index (χ4n) is 3.91. The number of nitro benzene ring substituents is 1. The lowest BCUT2D eigenvalue weighted by Crippen LogP contribution is -2.49. The minimum Gasteiger partial charge on any atom is -0.457 e. The van der Waals surface area contributed by atoms with Crippen molar-refractivity contribution in [3.63, 3.8) is 0 Å². The molecule has 0 radical (unpaired) electrons. The van der Waals surface area contributed by atoms with E-state index in [1.807, 2.05) is 6.07 Å². The van der Waals surface area contributed by atoms with E-state index in [0.29, 0.717) is 11.3 Å². The second-order valence-corrected chi connectivity index (χ2v) is 9.95. The molecule has 0 saturated carbocycles. The van der Waals surface area contributed by atoms with Crippen molar-refractivity contribution in [1.29, 1.82) is 5.26 Å². The Kier molecular flexibility index (Phi) is 5.47. The van der Waals surface area contributed by atoms with E-state index in [-0.39, 0.29) is 46.1 Å². The number of nitro groups is 1. The highest BCUT2D eigenvalue weighted by Crippen LogP contribution is 2.32.